The van der Waals surface area contributed by atoms with Crippen LogP contribution in [0.25, 0.3) is 0 Å². The molecule has 0 unspecified atom stereocenters. The number of methoxy groups -OCH3 is 1. The summed E-state index contributed by atoms with van der Waals surface area (Å²) in [5.74, 6) is -0.281. The second-order valence-electron chi connectivity index (χ2n) is 3.77. The van der Waals surface area contributed by atoms with E-state index in [-0.39, 0.29) is 5.97 Å². The lowest BCUT2D eigenvalue weighted by Gasteiger charge is -2.22. The van der Waals surface area contributed by atoms with E-state index in [4.69, 9.17) is 16.3 Å². The molecule has 0 amide bonds. The van der Waals surface area contributed by atoms with Crippen molar-refractivity contribution >= 4 is 33.5 Å². The van der Waals surface area contributed by atoms with Gasteiger partial charge in [-0.25, -0.2) is 0 Å². The van der Waals surface area contributed by atoms with Crippen LogP contribution in [0.5, 0.6) is 0 Å². The van der Waals surface area contributed by atoms with Crippen molar-refractivity contribution < 1.29 is 9.53 Å². The fourth-order valence-electron chi connectivity index (χ4n) is 1.29. The van der Waals surface area contributed by atoms with Crippen molar-refractivity contribution in [2.45, 2.75) is 19.3 Å². The molecule has 0 fully saturated rings. The molecule has 0 aromatic heterocycles. The van der Waals surface area contributed by atoms with Crippen molar-refractivity contribution in [3.8, 4) is 0 Å². The van der Waals surface area contributed by atoms with E-state index in [1.165, 1.54) is 7.11 Å². The van der Waals surface area contributed by atoms with E-state index in [2.05, 4.69) is 15.9 Å². The van der Waals surface area contributed by atoms with Crippen LogP contribution in [0.15, 0.2) is 22.7 Å². The van der Waals surface area contributed by atoms with Gasteiger partial charge in [-0.15, -0.1) is 0 Å². The van der Waals surface area contributed by atoms with Gasteiger partial charge in [-0.1, -0.05) is 27.5 Å². The van der Waals surface area contributed by atoms with Crippen LogP contribution in [0.3, 0.4) is 0 Å². The average Bonchev–Trinajstić information content (AvgIpc) is 2.15. The molecule has 2 nitrogen and oxygen atoms in total. The van der Waals surface area contributed by atoms with Gasteiger partial charge < -0.3 is 4.74 Å². The van der Waals surface area contributed by atoms with Crippen LogP contribution in [0.1, 0.15) is 19.4 Å². The minimum atomic E-state index is -0.692. The van der Waals surface area contributed by atoms with E-state index in [1.54, 1.807) is 26.0 Å². The van der Waals surface area contributed by atoms with E-state index in [0.717, 1.165) is 10.0 Å². The summed E-state index contributed by atoms with van der Waals surface area (Å²) in [7, 11) is 1.38. The van der Waals surface area contributed by atoms with Gasteiger partial charge in [-0.2, -0.15) is 0 Å². The van der Waals surface area contributed by atoms with Gasteiger partial charge in [0, 0.05) is 9.50 Å². The van der Waals surface area contributed by atoms with Gasteiger partial charge in [0.2, 0.25) is 0 Å². The molecule has 0 bridgehead atoms. The second-order valence-corrected chi connectivity index (χ2v) is 5.13. The Balaban J connectivity index is 3.20. The number of hydrogen-bond acceptors (Lipinski definition) is 2. The van der Waals surface area contributed by atoms with Crippen molar-refractivity contribution in [2.75, 3.05) is 7.11 Å². The lowest BCUT2D eigenvalue weighted by atomic mass is 9.85. The highest BCUT2D eigenvalue weighted by atomic mass is 79.9. The number of carbonyl (C=O) groups excluding carboxylic acids is 1. The zero-order valence-corrected chi connectivity index (χ0v) is 11.1. The summed E-state index contributed by atoms with van der Waals surface area (Å²) in [5.41, 5.74) is 0.135. The molecule has 1 aromatic carbocycles. The highest BCUT2D eigenvalue weighted by molar-refractivity contribution is 9.10. The first-order valence-corrected chi connectivity index (χ1v) is 5.60. The summed E-state index contributed by atoms with van der Waals surface area (Å²) in [5, 5.41) is 0.594. The molecule has 82 valence electrons. The maximum atomic E-state index is 11.6. The molecule has 1 aromatic rings. The molecule has 0 spiro atoms. The van der Waals surface area contributed by atoms with Crippen LogP contribution in [0.4, 0.5) is 0 Å². The van der Waals surface area contributed by atoms with E-state index < -0.39 is 5.41 Å². The average molecular weight is 292 g/mol. The first-order valence-electron chi connectivity index (χ1n) is 4.43. The van der Waals surface area contributed by atoms with Crippen LogP contribution in [-0.4, -0.2) is 13.1 Å². The molecular formula is C11H12BrClO2. The molecule has 15 heavy (non-hydrogen) atoms. The normalized spacial score (nSPS) is 11.3. The zero-order chi connectivity index (χ0) is 11.6. The van der Waals surface area contributed by atoms with Crippen molar-refractivity contribution in [1.29, 1.82) is 0 Å². The van der Waals surface area contributed by atoms with Gasteiger partial charge >= 0.3 is 5.97 Å². The monoisotopic (exact) mass is 290 g/mol. The van der Waals surface area contributed by atoms with E-state index in [0.29, 0.717) is 5.02 Å². The Bertz CT molecular complexity index is 368. The van der Waals surface area contributed by atoms with Crippen LogP contribution < -0.4 is 0 Å². The smallest absolute Gasteiger partial charge is 0.315 e. The summed E-state index contributed by atoms with van der Waals surface area (Å²) < 4.78 is 5.60. The molecule has 4 heteroatoms. The van der Waals surface area contributed by atoms with E-state index >= 15 is 0 Å². The summed E-state index contributed by atoms with van der Waals surface area (Å²) in [4.78, 5) is 11.6. The Hall–Kier alpha value is -0.540. The Labute approximate surface area is 103 Å². The first kappa shape index (κ1) is 12.5. The van der Waals surface area contributed by atoms with E-state index in [1.807, 2.05) is 6.07 Å². The van der Waals surface area contributed by atoms with Crippen LogP contribution in [-0.2, 0) is 14.9 Å². The van der Waals surface area contributed by atoms with Crippen LogP contribution >= 0.6 is 27.5 Å². The number of rotatable bonds is 2. The lowest BCUT2D eigenvalue weighted by Crippen LogP contribution is -2.30. The quantitative estimate of drug-likeness (QED) is 0.779. The minimum Gasteiger partial charge on any atom is -0.468 e. The Morgan fingerprint density at radius 1 is 1.40 bits per heavy atom. The van der Waals surface area contributed by atoms with Gasteiger partial charge in [0.05, 0.1) is 12.5 Å². The maximum absolute atomic E-state index is 11.6. The maximum Gasteiger partial charge on any atom is 0.315 e. The van der Waals surface area contributed by atoms with Crippen molar-refractivity contribution in [2.24, 2.45) is 0 Å². The Kier molecular flexibility index (Phi) is 3.79. The number of benzene rings is 1. The molecular weight excluding hydrogens is 279 g/mol. The highest BCUT2D eigenvalue weighted by Crippen LogP contribution is 2.30. The third-order valence-electron chi connectivity index (χ3n) is 2.28. The van der Waals surface area contributed by atoms with Gasteiger partial charge in [-0.3, -0.25) is 4.79 Å². The number of ether oxygens (including phenoxy) is 1. The number of hydrogen-bond donors (Lipinski definition) is 0. The van der Waals surface area contributed by atoms with Gasteiger partial charge in [0.1, 0.15) is 0 Å². The molecule has 0 saturated heterocycles. The largest absolute Gasteiger partial charge is 0.468 e. The van der Waals surface area contributed by atoms with Crippen molar-refractivity contribution in [3.63, 3.8) is 0 Å². The molecule has 0 aliphatic heterocycles. The number of carbonyl (C=O) groups is 1. The fraction of sp³-hybridized carbons (Fsp3) is 0.364. The highest BCUT2D eigenvalue weighted by Gasteiger charge is 2.31. The molecule has 0 heterocycles. The standard InChI is InChI=1S/C11H12BrClO2/c1-11(2,10(14)15-3)7-4-8(12)6-9(13)5-7/h4-6H,1-3H3. The summed E-state index contributed by atoms with van der Waals surface area (Å²) >= 11 is 9.26. The summed E-state index contributed by atoms with van der Waals surface area (Å²) in [6, 6.07) is 5.41. The molecule has 1 rings (SSSR count). The zero-order valence-electron chi connectivity index (χ0n) is 8.80. The summed E-state index contributed by atoms with van der Waals surface area (Å²) in [6.45, 7) is 3.61. The number of halogens is 2. The molecule has 0 aliphatic rings. The van der Waals surface area contributed by atoms with Gasteiger partial charge in [-0.05, 0) is 37.6 Å². The van der Waals surface area contributed by atoms with Crippen molar-refractivity contribution in [1.82, 2.24) is 0 Å². The predicted octanol–water partition coefficient (Wildman–Crippen LogP) is 3.55. The Morgan fingerprint density at radius 2 is 2.00 bits per heavy atom. The molecule has 0 atom stereocenters. The van der Waals surface area contributed by atoms with Gasteiger partial charge in [0.15, 0.2) is 0 Å². The number of esters is 1. The third kappa shape index (κ3) is 2.73. The predicted molar refractivity (Wildman–Crippen MR) is 64.2 cm³/mol. The van der Waals surface area contributed by atoms with Gasteiger partial charge in [0.25, 0.3) is 0 Å². The lowest BCUT2D eigenvalue weighted by molar-refractivity contribution is -0.146. The molecule has 0 aliphatic carbocycles. The molecule has 0 radical (unpaired) electrons. The third-order valence-corrected chi connectivity index (χ3v) is 2.96. The summed E-state index contributed by atoms with van der Waals surface area (Å²) in [6.07, 6.45) is 0. The van der Waals surface area contributed by atoms with Crippen LogP contribution in [0.2, 0.25) is 5.02 Å². The topological polar surface area (TPSA) is 26.3 Å². The fourth-order valence-corrected chi connectivity index (χ4v) is 2.15. The first-order chi connectivity index (χ1) is 6.87. The molecule has 0 saturated carbocycles. The second kappa shape index (κ2) is 4.54. The van der Waals surface area contributed by atoms with E-state index in [9.17, 15) is 4.79 Å². The SMILES string of the molecule is COC(=O)C(C)(C)c1cc(Cl)cc(Br)c1. The Morgan fingerprint density at radius 3 is 2.47 bits per heavy atom. The minimum absolute atomic E-state index is 0.281. The van der Waals surface area contributed by atoms with Crippen molar-refractivity contribution in [3.05, 3.63) is 33.3 Å². The van der Waals surface area contributed by atoms with Crippen LogP contribution in [0, 0.1) is 0 Å². The molecule has 0 N–H and O–H groups in total.